The Morgan fingerprint density at radius 1 is 0.968 bits per heavy atom. The van der Waals surface area contributed by atoms with Gasteiger partial charge in [-0.15, -0.1) is 0 Å². The first kappa shape index (κ1) is 19.9. The summed E-state index contributed by atoms with van der Waals surface area (Å²) in [6, 6.07) is 29.2. The number of carbonyl (C=O) groups is 1. The molecule has 31 heavy (non-hydrogen) atoms. The molecule has 0 spiro atoms. The van der Waals surface area contributed by atoms with Crippen LogP contribution in [0.4, 0.5) is 5.82 Å². The Bertz CT molecular complexity index is 1170. The highest BCUT2D eigenvalue weighted by atomic mass is 16.1. The van der Waals surface area contributed by atoms with E-state index in [1.807, 2.05) is 42.5 Å². The van der Waals surface area contributed by atoms with Crippen molar-refractivity contribution in [3.8, 4) is 11.8 Å². The highest BCUT2D eigenvalue weighted by Crippen LogP contribution is 2.24. The maximum Gasteiger partial charge on any atom is 0.251 e. The van der Waals surface area contributed by atoms with Gasteiger partial charge >= 0.3 is 0 Å². The van der Waals surface area contributed by atoms with E-state index < -0.39 is 0 Å². The van der Waals surface area contributed by atoms with Gasteiger partial charge in [-0.3, -0.25) is 4.79 Å². The van der Waals surface area contributed by atoms with Crippen LogP contribution < -0.4 is 11.1 Å². The number of amides is 1. The van der Waals surface area contributed by atoms with Gasteiger partial charge < -0.3 is 11.1 Å². The second kappa shape index (κ2) is 8.97. The number of aromatic nitrogens is 2. The summed E-state index contributed by atoms with van der Waals surface area (Å²) in [5, 5.41) is 16.2. The summed E-state index contributed by atoms with van der Waals surface area (Å²) in [7, 11) is 0. The molecule has 6 heteroatoms. The number of benzene rings is 3. The fourth-order valence-corrected chi connectivity index (χ4v) is 3.50. The van der Waals surface area contributed by atoms with Crippen LogP contribution in [0.1, 0.15) is 33.0 Å². The number of nitrogens with one attached hydrogen (secondary N) is 1. The summed E-state index contributed by atoms with van der Waals surface area (Å²) in [5.41, 5.74) is 9.76. The van der Waals surface area contributed by atoms with Crippen LogP contribution in [0.2, 0.25) is 0 Å². The van der Waals surface area contributed by atoms with Crippen molar-refractivity contribution in [2.75, 3.05) is 12.3 Å². The van der Waals surface area contributed by atoms with Crippen molar-refractivity contribution in [3.05, 3.63) is 113 Å². The van der Waals surface area contributed by atoms with Gasteiger partial charge in [0.25, 0.3) is 5.91 Å². The van der Waals surface area contributed by atoms with Crippen molar-refractivity contribution < 1.29 is 4.79 Å². The molecule has 0 aliphatic heterocycles. The van der Waals surface area contributed by atoms with Crippen LogP contribution in [0.25, 0.3) is 5.69 Å². The molecule has 0 fully saturated rings. The van der Waals surface area contributed by atoms with Crippen LogP contribution in [0.3, 0.4) is 0 Å². The second-order valence-corrected chi connectivity index (χ2v) is 7.10. The molecule has 0 aliphatic rings. The maximum atomic E-state index is 12.8. The Hall–Kier alpha value is -4.37. The first-order valence-corrected chi connectivity index (χ1v) is 9.89. The molecule has 0 bridgehead atoms. The van der Waals surface area contributed by atoms with Crippen LogP contribution in [-0.4, -0.2) is 22.2 Å². The van der Waals surface area contributed by atoms with Gasteiger partial charge in [-0.2, -0.15) is 10.4 Å². The first-order chi connectivity index (χ1) is 15.2. The number of carbonyl (C=O) groups excluding carboxylic acids is 1. The van der Waals surface area contributed by atoms with Crippen LogP contribution in [0.15, 0.2) is 91.1 Å². The van der Waals surface area contributed by atoms with E-state index >= 15 is 0 Å². The summed E-state index contributed by atoms with van der Waals surface area (Å²) >= 11 is 0. The van der Waals surface area contributed by atoms with Gasteiger partial charge in [0.05, 0.1) is 11.9 Å². The van der Waals surface area contributed by atoms with Gasteiger partial charge in [0, 0.05) is 18.0 Å². The molecule has 3 N–H and O–H groups in total. The Morgan fingerprint density at radius 3 is 2.06 bits per heavy atom. The van der Waals surface area contributed by atoms with Crippen molar-refractivity contribution in [3.63, 3.8) is 0 Å². The molecule has 4 rings (SSSR count). The quantitative estimate of drug-likeness (QED) is 0.507. The molecule has 1 heterocycles. The van der Waals surface area contributed by atoms with E-state index in [0.717, 1.165) is 11.1 Å². The third kappa shape index (κ3) is 4.31. The lowest BCUT2D eigenvalue weighted by Gasteiger charge is -2.19. The highest BCUT2D eigenvalue weighted by molar-refractivity contribution is 5.94. The molecule has 4 aromatic rings. The SMILES string of the molecule is N#Cc1cnn(-c2ccc(C(=O)NCC(c3ccccc3)c3ccccc3)cc2)c1N. The van der Waals surface area contributed by atoms with E-state index in [9.17, 15) is 4.79 Å². The number of hydrogen-bond donors (Lipinski definition) is 2. The topological polar surface area (TPSA) is 96.7 Å². The normalized spacial score (nSPS) is 10.6. The summed E-state index contributed by atoms with van der Waals surface area (Å²) < 4.78 is 1.47. The summed E-state index contributed by atoms with van der Waals surface area (Å²) in [5.74, 6) is 0.168. The molecule has 0 unspecified atom stereocenters. The van der Waals surface area contributed by atoms with Gasteiger partial charge in [-0.05, 0) is 35.4 Å². The molecule has 0 atom stereocenters. The van der Waals surface area contributed by atoms with E-state index in [1.54, 1.807) is 24.3 Å². The fraction of sp³-hybridized carbons (Fsp3) is 0.0800. The molecule has 0 radical (unpaired) electrons. The lowest BCUT2D eigenvalue weighted by molar-refractivity contribution is 0.0952. The average Bonchev–Trinajstić information content (AvgIpc) is 3.21. The van der Waals surface area contributed by atoms with Crippen LogP contribution in [0, 0.1) is 11.3 Å². The number of hydrogen-bond acceptors (Lipinski definition) is 4. The maximum absolute atomic E-state index is 12.8. The Morgan fingerprint density at radius 2 is 1.55 bits per heavy atom. The van der Waals surface area contributed by atoms with Crippen molar-refractivity contribution >= 4 is 11.7 Å². The largest absolute Gasteiger partial charge is 0.382 e. The number of nitriles is 1. The van der Waals surface area contributed by atoms with Crippen LogP contribution in [-0.2, 0) is 0 Å². The molecule has 3 aromatic carbocycles. The minimum absolute atomic E-state index is 0.0545. The molecule has 1 aromatic heterocycles. The zero-order chi connectivity index (χ0) is 21.6. The number of nitrogen functional groups attached to an aromatic ring is 1. The van der Waals surface area contributed by atoms with E-state index in [0.29, 0.717) is 23.4 Å². The Balaban J connectivity index is 1.49. The minimum Gasteiger partial charge on any atom is -0.382 e. The summed E-state index contributed by atoms with van der Waals surface area (Å²) in [4.78, 5) is 12.8. The van der Waals surface area contributed by atoms with Crippen LogP contribution >= 0.6 is 0 Å². The van der Waals surface area contributed by atoms with Gasteiger partial charge in [-0.25, -0.2) is 4.68 Å². The molecule has 0 saturated heterocycles. The zero-order valence-corrected chi connectivity index (χ0v) is 16.8. The second-order valence-electron chi connectivity index (χ2n) is 7.10. The third-order valence-corrected chi connectivity index (χ3v) is 5.17. The molecular weight excluding hydrogens is 386 g/mol. The predicted octanol–water partition coefficient (Wildman–Crippen LogP) is 3.89. The van der Waals surface area contributed by atoms with E-state index in [2.05, 4.69) is 34.7 Å². The lowest BCUT2D eigenvalue weighted by Crippen LogP contribution is -2.29. The molecule has 1 amide bonds. The predicted molar refractivity (Wildman–Crippen MR) is 120 cm³/mol. The molecule has 0 aliphatic carbocycles. The van der Waals surface area contributed by atoms with E-state index in [-0.39, 0.29) is 17.6 Å². The van der Waals surface area contributed by atoms with Gasteiger partial charge in [0.15, 0.2) is 0 Å². The molecule has 152 valence electrons. The number of rotatable bonds is 6. The Labute approximate surface area is 180 Å². The molecule has 0 saturated carbocycles. The van der Waals surface area contributed by atoms with Crippen molar-refractivity contribution in [2.45, 2.75) is 5.92 Å². The molecule has 6 nitrogen and oxygen atoms in total. The molecular formula is C25H21N5O. The van der Waals surface area contributed by atoms with E-state index in [4.69, 9.17) is 11.0 Å². The fourth-order valence-electron chi connectivity index (χ4n) is 3.50. The highest BCUT2D eigenvalue weighted by Gasteiger charge is 2.16. The van der Waals surface area contributed by atoms with Crippen molar-refractivity contribution in [1.82, 2.24) is 15.1 Å². The smallest absolute Gasteiger partial charge is 0.251 e. The van der Waals surface area contributed by atoms with Crippen LogP contribution in [0.5, 0.6) is 0 Å². The van der Waals surface area contributed by atoms with Crippen molar-refractivity contribution in [1.29, 1.82) is 5.26 Å². The van der Waals surface area contributed by atoms with Gasteiger partial charge in [-0.1, -0.05) is 60.7 Å². The summed E-state index contributed by atoms with van der Waals surface area (Å²) in [6.45, 7) is 0.478. The standard InChI is InChI=1S/C25H21N5O/c26-15-21-16-29-30(24(21)27)22-13-11-20(12-14-22)25(31)28-17-23(18-7-3-1-4-8-18)19-9-5-2-6-10-19/h1-14,16,23H,17,27H2,(H,28,31). The van der Waals surface area contributed by atoms with Crippen molar-refractivity contribution in [2.24, 2.45) is 0 Å². The van der Waals surface area contributed by atoms with Gasteiger partial charge in [0.1, 0.15) is 17.5 Å². The van der Waals surface area contributed by atoms with Gasteiger partial charge in [0.2, 0.25) is 0 Å². The first-order valence-electron chi connectivity index (χ1n) is 9.89. The Kier molecular flexibility index (Phi) is 5.77. The number of anilines is 1. The lowest BCUT2D eigenvalue weighted by atomic mass is 9.91. The third-order valence-electron chi connectivity index (χ3n) is 5.17. The average molecular weight is 407 g/mol. The monoisotopic (exact) mass is 407 g/mol. The number of nitrogens with zero attached hydrogens (tertiary/aromatic N) is 3. The number of nitrogens with two attached hydrogens (primary N) is 1. The van der Waals surface area contributed by atoms with E-state index in [1.165, 1.54) is 10.9 Å². The zero-order valence-electron chi connectivity index (χ0n) is 16.8. The summed E-state index contributed by atoms with van der Waals surface area (Å²) in [6.07, 6.45) is 1.42. The minimum atomic E-state index is -0.158.